The Morgan fingerprint density at radius 1 is 1.26 bits per heavy atom. The van der Waals surface area contributed by atoms with Gasteiger partial charge < -0.3 is 14.5 Å². The minimum Gasteiger partial charge on any atom is -0.448 e. The van der Waals surface area contributed by atoms with E-state index in [0.29, 0.717) is 12.3 Å². The molecule has 0 saturated heterocycles. The first-order chi connectivity index (χ1) is 14.3. The monoisotopic (exact) mass is 467 g/mol. The lowest BCUT2D eigenvalue weighted by Gasteiger charge is -2.22. The van der Waals surface area contributed by atoms with Crippen molar-refractivity contribution in [2.24, 2.45) is 0 Å². The lowest BCUT2D eigenvalue weighted by Crippen LogP contribution is -2.56. The highest BCUT2D eigenvalue weighted by Gasteiger charge is 2.37. The van der Waals surface area contributed by atoms with Gasteiger partial charge in [0, 0.05) is 7.11 Å². The smallest absolute Gasteiger partial charge is 0.444 e. The molecule has 10 nitrogen and oxygen atoms in total. The van der Waals surface area contributed by atoms with Gasteiger partial charge in [-0.3, -0.25) is 4.79 Å². The van der Waals surface area contributed by atoms with Crippen LogP contribution in [0.1, 0.15) is 37.5 Å². The summed E-state index contributed by atoms with van der Waals surface area (Å²) in [5.41, 5.74) is -4.80. The van der Waals surface area contributed by atoms with Gasteiger partial charge in [0.1, 0.15) is 0 Å². The predicted octanol–water partition coefficient (Wildman–Crippen LogP) is 1.86. The van der Waals surface area contributed by atoms with Crippen molar-refractivity contribution in [3.05, 3.63) is 44.1 Å². The van der Waals surface area contributed by atoms with E-state index in [1.54, 1.807) is 6.92 Å². The molecule has 1 unspecified atom stereocenters. The summed E-state index contributed by atoms with van der Waals surface area (Å²) in [6.45, 7) is 2.67. The van der Waals surface area contributed by atoms with Gasteiger partial charge in [0.15, 0.2) is 0 Å². The molecule has 1 N–H and O–H groups in total. The van der Waals surface area contributed by atoms with Crippen LogP contribution in [0.25, 0.3) is 10.9 Å². The molecular weight excluding hydrogens is 447 g/mol. The number of hydrogen-bond acceptors (Lipinski definition) is 7. The number of hydrogen-bond donors (Lipinski definition) is 1. The molecule has 1 aromatic heterocycles. The molecule has 2 aromatic rings. The Balaban J connectivity index is 2.98. The fourth-order valence-electron chi connectivity index (χ4n) is 3.01. The lowest BCUT2D eigenvalue weighted by atomic mass is 9.97. The second-order valence-corrected chi connectivity index (χ2v) is 8.18. The summed E-state index contributed by atoms with van der Waals surface area (Å²) in [7, 11) is -3.33. The molecule has 0 spiro atoms. The molecule has 1 aromatic carbocycles. The number of nitrogens with one attached hydrogen (secondary N) is 1. The average molecular weight is 467 g/mol. The number of aromatic amines is 1. The van der Waals surface area contributed by atoms with Crippen LogP contribution in [0.2, 0.25) is 0 Å². The van der Waals surface area contributed by atoms with Crippen molar-refractivity contribution >= 4 is 27.0 Å². The molecule has 0 aliphatic carbocycles. The molecule has 31 heavy (non-hydrogen) atoms. The van der Waals surface area contributed by atoms with Crippen LogP contribution in [0, 0.1) is 0 Å². The van der Waals surface area contributed by atoms with Crippen LogP contribution in [0.4, 0.5) is 18.0 Å². The molecule has 0 fully saturated rings. The average Bonchev–Trinajstić information content (AvgIpc) is 2.64. The summed E-state index contributed by atoms with van der Waals surface area (Å²) in [6, 6.07) is 1.42. The van der Waals surface area contributed by atoms with E-state index < -0.39 is 56.1 Å². The van der Waals surface area contributed by atoms with Crippen LogP contribution < -0.4 is 15.7 Å². The van der Waals surface area contributed by atoms with Crippen LogP contribution >= 0.6 is 0 Å². The van der Waals surface area contributed by atoms with Crippen LogP contribution in [-0.2, 0) is 25.7 Å². The van der Waals surface area contributed by atoms with E-state index in [9.17, 15) is 36.0 Å². The summed E-state index contributed by atoms with van der Waals surface area (Å²) >= 11 is 0. The molecule has 0 aliphatic heterocycles. The Bertz CT molecular complexity index is 1210. The van der Waals surface area contributed by atoms with Crippen LogP contribution in [0.5, 0.6) is 0 Å². The van der Waals surface area contributed by atoms with Crippen molar-refractivity contribution in [1.29, 1.82) is 0 Å². The normalized spacial score (nSPS) is 13.3. The Hall–Kier alpha value is -2.87. The summed E-state index contributed by atoms with van der Waals surface area (Å²) < 4.78 is 74.4. The number of aromatic nitrogens is 2. The zero-order valence-corrected chi connectivity index (χ0v) is 17.8. The number of carbonyl (C=O) groups excluding carboxylic acids is 1. The van der Waals surface area contributed by atoms with E-state index in [2.05, 4.69) is 4.74 Å². The molecule has 172 valence electrons. The number of sulfonamides is 1. The summed E-state index contributed by atoms with van der Waals surface area (Å²) in [4.78, 5) is 39.5. The quantitative estimate of drug-likeness (QED) is 0.687. The number of ether oxygens (including phenoxy) is 2. The van der Waals surface area contributed by atoms with Gasteiger partial charge in [0.25, 0.3) is 15.6 Å². The predicted molar refractivity (Wildman–Crippen MR) is 104 cm³/mol. The molecule has 0 saturated carbocycles. The van der Waals surface area contributed by atoms with Gasteiger partial charge in [-0.15, -0.1) is 4.68 Å². The number of benzene rings is 1. The number of carbonyl (C=O) groups is 1. The zero-order valence-electron chi connectivity index (χ0n) is 16.9. The van der Waals surface area contributed by atoms with Gasteiger partial charge in [0.05, 0.1) is 35.4 Å². The Labute approximate surface area is 174 Å². The van der Waals surface area contributed by atoms with Gasteiger partial charge in [-0.2, -0.15) is 13.2 Å². The maximum atomic E-state index is 13.6. The second kappa shape index (κ2) is 8.70. The number of nitrogens with zero attached hydrogens (tertiary/aromatic N) is 2. The second-order valence-electron chi connectivity index (χ2n) is 6.37. The highest BCUT2D eigenvalue weighted by molar-refractivity contribution is 7.92. The molecule has 0 bridgehead atoms. The van der Waals surface area contributed by atoms with Crippen molar-refractivity contribution in [2.45, 2.75) is 32.5 Å². The Morgan fingerprint density at radius 2 is 1.87 bits per heavy atom. The topological polar surface area (TPSA) is 128 Å². The van der Waals surface area contributed by atoms with Crippen molar-refractivity contribution < 1.29 is 35.9 Å². The van der Waals surface area contributed by atoms with Gasteiger partial charge in [0.2, 0.25) is 0 Å². The van der Waals surface area contributed by atoms with Crippen molar-refractivity contribution in [2.75, 3.05) is 24.4 Å². The number of H-pyrrole nitrogens is 1. The fraction of sp³-hybridized carbons (Fsp3) is 0.471. The molecule has 14 heteroatoms. The highest BCUT2D eigenvalue weighted by atomic mass is 32.2. The number of halogens is 3. The van der Waals surface area contributed by atoms with E-state index in [1.807, 2.05) is 4.98 Å². The molecule has 1 amide bonds. The van der Waals surface area contributed by atoms with E-state index in [0.717, 1.165) is 6.07 Å². The first-order valence-electron chi connectivity index (χ1n) is 8.88. The third-order valence-corrected chi connectivity index (χ3v) is 5.21. The molecular formula is C17H20F3N3O7S. The third kappa shape index (κ3) is 4.74. The van der Waals surface area contributed by atoms with Crippen LogP contribution in [0.15, 0.2) is 21.7 Å². The number of rotatable bonds is 6. The summed E-state index contributed by atoms with van der Waals surface area (Å²) in [5, 5.41) is -0.462. The first-order valence-corrected chi connectivity index (χ1v) is 10.7. The van der Waals surface area contributed by atoms with E-state index >= 15 is 0 Å². The standard InChI is InChI=1S/C17H20F3N3O7S/c1-5-13(29-3)9-7-10-12(8-11(9)17(18,19)20)21-15(25)22(14(10)24)23(31(4,27)28)16(26)30-6-2/h7-8,13H,5-6H2,1-4H3,(H,21,25). The number of amides is 1. The lowest BCUT2D eigenvalue weighted by molar-refractivity contribution is -0.139. The van der Waals surface area contributed by atoms with Crippen molar-refractivity contribution in [3.8, 4) is 0 Å². The highest BCUT2D eigenvalue weighted by Crippen LogP contribution is 2.38. The Morgan fingerprint density at radius 3 is 2.32 bits per heavy atom. The zero-order chi connectivity index (χ0) is 23.7. The summed E-state index contributed by atoms with van der Waals surface area (Å²) in [6.07, 6.45) is -6.73. The minimum absolute atomic E-state index is 0.0412. The van der Waals surface area contributed by atoms with Gasteiger partial charge in [-0.1, -0.05) is 11.3 Å². The molecule has 0 radical (unpaired) electrons. The first kappa shape index (κ1) is 24.4. The molecule has 0 aliphatic rings. The SMILES string of the molecule is CCOC(=O)N(n1c(=O)[nH]c2cc(C(F)(F)F)c(C(CC)OC)cc2c1=O)S(C)(=O)=O. The van der Waals surface area contributed by atoms with Gasteiger partial charge in [-0.25, -0.2) is 18.0 Å². The summed E-state index contributed by atoms with van der Waals surface area (Å²) in [5.74, 6) is 0. The largest absolute Gasteiger partial charge is 0.448 e. The third-order valence-electron chi connectivity index (χ3n) is 4.27. The number of alkyl halides is 3. The van der Waals surface area contributed by atoms with E-state index in [4.69, 9.17) is 4.74 Å². The molecule has 1 heterocycles. The molecule has 1 atom stereocenters. The van der Waals surface area contributed by atoms with E-state index in [1.165, 1.54) is 14.0 Å². The fourth-order valence-corrected chi connectivity index (χ4v) is 3.77. The van der Waals surface area contributed by atoms with Crippen LogP contribution in [-0.4, -0.2) is 44.1 Å². The van der Waals surface area contributed by atoms with Gasteiger partial charge >= 0.3 is 18.0 Å². The van der Waals surface area contributed by atoms with Crippen molar-refractivity contribution in [1.82, 2.24) is 9.66 Å². The minimum atomic E-state index is -4.83. The maximum Gasteiger partial charge on any atom is 0.444 e. The Kier molecular flexibility index (Phi) is 6.85. The number of fused-ring (bicyclic) bond motifs is 1. The maximum absolute atomic E-state index is 13.6. The van der Waals surface area contributed by atoms with Crippen molar-refractivity contribution in [3.63, 3.8) is 0 Å². The number of methoxy groups -OCH3 is 1. The van der Waals surface area contributed by atoms with Gasteiger partial charge in [-0.05, 0) is 31.0 Å². The molecule has 2 rings (SSSR count). The van der Waals surface area contributed by atoms with E-state index in [-0.39, 0.29) is 27.7 Å². The van der Waals surface area contributed by atoms with Crippen LogP contribution in [0.3, 0.4) is 0 Å².